The summed E-state index contributed by atoms with van der Waals surface area (Å²) in [5, 5.41) is 12.1. The molecule has 1 aromatic carbocycles. The van der Waals surface area contributed by atoms with E-state index in [9.17, 15) is 0 Å². The number of nitrogens with zero attached hydrogens (tertiary/aromatic N) is 3. The fraction of sp³-hybridized carbons (Fsp3) is 0.231. The lowest BCUT2D eigenvalue weighted by molar-refractivity contribution is 0.500. The number of hydrogen-bond donors (Lipinski definition) is 1. The normalized spacial score (nSPS) is 14.0. The number of imidazole rings is 1. The van der Waals surface area contributed by atoms with Gasteiger partial charge in [-0.3, -0.25) is 0 Å². The number of nitrogens with one attached hydrogen (secondary N) is 1. The van der Waals surface area contributed by atoms with Crippen molar-refractivity contribution >= 4 is 15.9 Å². The molecule has 1 aromatic heterocycles. The zero-order chi connectivity index (χ0) is 12.5. The van der Waals surface area contributed by atoms with Crippen LogP contribution < -0.4 is 5.32 Å². The van der Waals surface area contributed by atoms with Crippen LogP contribution in [0.4, 0.5) is 0 Å². The number of benzene rings is 1. The van der Waals surface area contributed by atoms with Gasteiger partial charge in [-0.25, -0.2) is 4.98 Å². The molecule has 0 saturated heterocycles. The van der Waals surface area contributed by atoms with Crippen LogP contribution in [0, 0.1) is 11.3 Å². The Morgan fingerprint density at radius 3 is 2.78 bits per heavy atom. The number of fused-ring (bicyclic) bond motifs is 1. The molecule has 0 atom stereocenters. The van der Waals surface area contributed by atoms with Crippen molar-refractivity contribution < 1.29 is 0 Å². The highest BCUT2D eigenvalue weighted by Crippen LogP contribution is 2.29. The first-order valence-corrected chi connectivity index (χ1v) is 6.55. The van der Waals surface area contributed by atoms with Gasteiger partial charge in [0, 0.05) is 18.7 Å². The summed E-state index contributed by atoms with van der Waals surface area (Å²) >= 11 is 3.62. The molecule has 90 valence electrons. The Balaban J connectivity index is 2.06. The maximum Gasteiger partial charge on any atom is 0.124 e. The van der Waals surface area contributed by atoms with E-state index >= 15 is 0 Å². The fourth-order valence-electron chi connectivity index (χ4n) is 2.12. The molecular formula is C13H11BrN4. The molecule has 18 heavy (non-hydrogen) atoms. The Hall–Kier alpha value is -1.64. The number of aromatic nitrogens is 2. The van der Waals surface area contributed by atoms with Crippen molar-refractivity contribution in [2.75, 3.05) is 6.54 Å². The molecular weight excluding hydrogens is 292 g/mol. The predicted octanol–water partition coefficient (Wildman–Crippen LogP) is 2.29. The smallest absolute Gasteiger partial charge is 0.124 e. The summed E-state index contributed by atoms with van der Waals surface area (Å²) in [5.74, 6) is 1.05. The molecule has 0 saturated carbocycles. The van der Waals surface area contributed by atoms with Crippen molar-refractivity contribution in [1.82, 2.24) is 14.9 Å². The maximum atomic E-state index is 8.80. The number of hydrogen-bond acceptors (Lipinski definition) is 3. The maximum absolute atomic E-state index is 8.80. The van der Waals surface area contributed by atoms with Gasteiger partial charge in [-0.2, -0.15) is 5.26 Å². The summed E-state index contributed by atoms with van der Waals surface area (Å²) in [6.07, 6.45) is 0. The zero-order valence-electron chi connectivity index (χ0n) is 9.65. The van der Waals surface area contributed by atoms with Gasteiger partial charge in [0.2, 0.25) is 0 Å². The molecule has 0 aliphatic carbocycles. The van der Waals surface area contributed by atoms with Crippen LogP contribution in [0.3, 0.4) is 0 Å². The van der Waals surface area contributed by atoms with Crippen LogP contribution >= 0.6 is 15.9 Å². The predicted molar refractivity (Wildman–Crippen MR) is 71.8 cm³/mol. The minimum atomic E-state index is 0.667. The zero-order valence-corrected chi connectivity index (χ0v) is 11.2. The van der Waals surface area contributed by atoms with Gasteiger partial charge in [0.1, 0.15) is 16.1 Å². The molecule has 2 heterocycles. The molecule has 5 heteroatoms. The SMILES string of the molecule is N#Cc1ccc(-c2nc3n(c2Br)CCNC3)cc1. The van der Waals surface area contributed by atoms with Gasteiger partial charge >= 0.3 is 0 Å². The Morgan fingerprint density at radius 1 is 1.33 bits per heavy atom. The lowest BCUT2D eigenvalue weighted by atomic mass is 10.1. The minimum Gasteiger partial charge on any atom is -0.320 e. The van der Waals surface area contributed by atoms with E-state index in [-0.39, 0.29) is 0 Å². The molecule has 3 rings (SSSR count). The summed E-state index contributed by atoms with van der Waals surface area (Å²) in [5.41, 5.74) is 2.64. The van der Waals surface area contributed by atoms with E-state index in [1.54, 1.807) is 0 Å². The van der Waals surface area contributed by atoms with E-state index < -0.39 is 0 Å². The molecule has 0 fully saturated rings. The van der Waals surface area contributed by atoms with E-state index in [2.05, 4.69) is 36.9 Å². The Labute approximate surface area is 113 Å². The van der Waals surface area contributed by atoms with Crippen molar-refractivity contribution in [3.63, 3.8) is 0 Å². The second-order valence-corrected chi connectivity index (χ2v) is 4.94. The Morgan fingerprint density at radius 2 is 2.11 bits per heavy atom. The molecule has 0 unspecified atom stereocenters. The van der Waals surface area contributed by atoms with E-state index in [1.807, 2.05) is 24.3 Å². The van der Waals surface area contributed by atoms with Crippen molar-refractivity contribution in [2.45, 2.75) is 13.1 Å². The van der Waals surface area contributed by atoms with Crippen LogP contribution in [0.5, 0.6) is 0 Å². The Bertz CT molecular complexity index is 622. The molecule has 0 amide bonds. The van der Waals surface area contributed by atoms with Gasteiger partial charge in [-0.15, -0.1) is 0 Å². The Kier molecular flexibility index (Phi) is 2.90. The molecule has 2 aromatic rings. The van der Waals surface area contributed by atoms with E-state index in [0.29, 0.717) is 5.56 Å². The van der Waals surface area contributed by atoms with Crippen LogP contribution in [0.1, 0.15) is 11.4 Å². The van der Waals surface area contributed by atoms with Crippen molar-refractivity contribution in [2.24, 2.45) is 0 Å². The van der Waals surface area contributed by atoms with Crippen LogP contribution in [0.25, 0.3) is 11.3 Å². The first kappa shape index (κ1) is 11.5. The standard InChI is InChI=1S/C13H11BrN4/c14-13-12(10-3-1-9(7-15)2-4-10)17-11-8-16-5-6-18(11)13/h1-4,16H,5-6,8H2. The second-order valence-electron chi connectivity index (χ2n) is 4.19. The summed E-state index contributed by atoms with van der Waals surface area (Å²) in [7, 11) is 0. The highest BCUT2D eigenvalue weighted by atomic mass is 79.9. The number of nitriles is 1. The van der Waals surface area contributed by atoms with Crippen molar-refractivity contribution in [3.8, 4) is 17.3 Å². The summed E-state index contributed by atoms with van der Waals surface area (Å²) in [6, 6.07) is 9.63. The molecule has 0 radical (unpaired) electrons. The average molecular weight is 303 g/mol. The molecule has 0 spiro atoms. The van der Waals surface area contributed by atoms with Gasteiger partial charge in [0.15, 0.2) is 0 Å². The lowest BCUT2D eigenvalue weighted by Crippen LogP contribution is -2.28. The molecule has 0 bridgehead atoms. The average Bonchev–Trinajstić information content (AvgIpc) is 2.77. The number of rotatable bonds is 1. The van der Waals surface area contributed by atoms with Crippen LogP contribution in [-0.2, 0) is 13.1 Å². The van der Waals surface area contributed by atoms with Gasteiger partial charge in [-0.1, -0.05) is 12.1 Å². The third kappa shape index (κ3) is 1.84. The molecule has 1 N–H and O–H groups in total. The van der Waals surface area contributed by atoms with Crippen LogP contribution in [0.15, 0.2) is 28.9 Å². The topological polar surface area (TPSA) is 53.6 Å². The van der Waals surface area contributed by atoms with Crippen molar-refractivity contribution in [3.05, 3.63) is 40.3 Å². The number of halogens is 1. The van der Waals surface area contributed by atoms with E-state index in [0.717, 1.165) is 41.3 Å². The summed E-state index contributed by atoms with van der Waals surface area (Å²) < 4.78 is 3.20. The van der Waals surface area contributed by atoms with E-state index in [1.165, 1.54) is 0 Å². The third-order valence-electron chi connectivity index (χ3n) is 3.07. The van der Waals surface area contributed by atoms with E-state index in [4.69, 9.17) is 5.26 Å². The monoisotopic (exact) mass is 302 g/mol. The second kappa shape index (κ2) is 4.56. The summed E-state index contributed by atoms with van der Waals surface area (Å²) in [4.78, 5) is 4.65. The van der Waals surface area contributed by atoms with Gasteiger partial charge < -0.3 is 9.88 Å². The largest absolute Gasteiger partial charge is 0.320 e. The summed E-state index contributed by atoms with van der Waals surface area (Å²) in [6.45, 7) is 2.70. The van der Waals surface area contributed by atoms with Crippen molar-refractivity contribution in [1.29, 1.82) is 5.26 Å². The van der Waals surface area contributed by atoms with Gasteiger partial charge in [-0.05, 0) is 28.1 Å². The molecule has 1 aliphatic heterocycles. The van der Waals surface area contributed by atoms with Gasteiger partial charge in [0.05, 0.1) is 18.2 Å². The van der Waals surface area contributed by atoms with Gasteiger partial charge in [0.25, 0.3) is 0 Å². The minimum absolute atomic E-state index is 0.667. The lowest BCUT2D eigenvalue weighted by Gasteiger charge is -2.15. The van der Waals surface area contributed by atoms with Crippen LogP contribution in [-0.4, -0.2) is 16.1 Å². The molecule has 1 aliphatic rings. The third-order valence-corrected chi connectivity index (χ3v) is 3.87. The molecule has 4 nitrogen and oxygen atoms in total. The quantitative estimate of drug-likeness (QED) is 0.879. The first-order chi connectivity index (χ1) is 8.79. The fourth-order valence-corrected chi connectivity index (χ4v) is 2.82. The van der Waals surface area contributed by atoms with Crippen LogP contribution in [0.2, 0.25) is 0 Å². The highest BCUT2D eigenvalue weighted by Gasteiger charge is 2.18. The highest BCUT2D eigenvalue weighted by molar-refractivity contribution is 9.10. The first-order valence-electron chi connectivity index (χ1n) is 5.76.